The number of carbonyl (C=O) groups excluding carboxylic acids is 1. The average molecular weight is 348 g/mol. The number of aromatic nitrogens is 1. The van der Waals surface area contributed by atoms with Gasteiger partial charge in [0.1, 0.15) is 11.4 Å². The molecule has 5 nitrogen and oxygen atoms in total. The van der Waals surface area contributed by atoms with E-state index in [1.54, 1.807) is 20.8 Å². The fourth-order valence-corrected chi connectivity index (χ4v) is 2.64. The van der Waals surface area contributed by atoms with E-state index in [0.29, 0.717) is 25.3 Å². The summed E-state index contributed by atoms with van der Waals surface area (Å²) in [4.78, 5) is 17.7. The molecule has 1 aliphatic heterocycles. The third kappa shape index (κ3) is 4.92. The van der Waals surface area contributed by atoms with Gasteiger partial charge in [0.25, 0.3) is 6.43 Å². The number of nitrogens with one attached hydrogen (secondary N) is 1. The summed E-state index contributed by atoms with van der Waals surface area (Å²) in [5.41, 5.74) is -0.764. The summed E-state index contributed by atoms with van der Waals surface area (Å²) < 4.78 is 30.5. The molecule has 2 heterocycles. The van der Waals surface area contributed by atoms with Gasteiger partial charge in [-0.3, -0.25) is 0 Å². The van der Waals surface area contributed by atoms with Gasteiger partial charge in [0.05, 0.1) is 11.1 Å². The summed E-state index contributed by atoms with van der Waals surface area (Å²) in [6.07, 6.45) is -1.25. The van der Waals surface area contributed by atoms with E-state index >= 15 is 0 Å². The maximum absolute atomic E-state index is 12.6. The first-order valence-corrected chi connectivity index (χ1v) is 7.71. The van der Waals surface area contributed by atoms with Gasteiger partial charge >= 0.3 is 6.09 Å². The van der Waals surface area contributed by atoms with Gasteiger partial charge in [-0.15, -0.1) is 0 Å². The van der Waals surface area contributed by atoms with Crippen molar-refractivity contribution >= 4 is 23.5 Å². The van der Waals surface area contributed by atoms with Crippen molar-refractivity contribution in [3.8, 4) is 0 Å². The van der Waals surface area contributed by atoms with Crippen molar-refractivity contribution in [3.63, 3.8) is 0 Å². The second kappa shape index (κ2) is 6.86. The molecule has 1 aliphatic rings. The minimum Gasteiger partial charge on any atom is -0.444 e. The number of carbonyl (C=O) groups is 1. The van der Waals surface area contributed by atoms with Crippen LogP contribution in [0.4, 0.5) is 19.4 Å². The molecule has 1 aromatic rings. The zero-order valence-electron chi connectivity index (χ0n) is 13.3. The van der Waals surface area contributed by atoms with Gasteiger partial charge < -0.3 is 15.0 Å². The van der Waals surface area contributed by atoms with Gasteiger partial charge in [0.2, 0.25) is 0 Å². The first-order valence-electron chi connectivity index (χ1n) is 7.34. The summed E-state index contributed by atoms with van der Waals surface area (Å²) in [5.74, 6) is 0.449. The molecule has 0 aliphatic carbocycles. The number of anilines is 1. The number of alkyl halides is 2. The Morgan fingerprint density at radius 3 is 2.78 bits per heavy atom. The number of pyridine rings is 1. The second-order valence-corrected chi connectivity index (χ2v) is 6.86. The molecule has 23 heavy (non-hydrogen) atoms. The van der Waals surface area contributed by atoms with Crippen LogP contribution in [0.1, 0.15) is 39.2 Å². The van der Waals surface area contributed by atoms with E-state index in [2.05, 4.69) is 10.3 Å². The van der Waals surface area contributed by atoms with E-state index in [4.69, 9.17) is 16.3 Å². The van der Waals surface area contributed by atoms with Gasteiger partial charge in [-0.05, 0) is 33.3 Å². The van der Waals surface area contributed by atoms with Gasteiger partial charge in [-0.25, -0.2) is 18.6 Å². The zero-order valence-corrected chi connectivity index (χ0v) is 14.0. The maximum atomic E-state index is 12.6. The summed E-state index contributed by atoms with van der Waals surface area (Å²) in [6.45, 7) is 6.51. The number of amides is 1. The lowest BCUT2D eigenvalue weighted by Crippen LogP contribution is -2.40. The third-order valence-corrected chi connectivity index (χ3v) is 3.58. The van der Waals surface area contributed by atoms with Crippen LogP contribution in [-0.4, -0.2) is 35.8 Å². The van der Waals surface area contributed by atoms with Crippen LogP contribution in [0.15, 0.2) is 12.3 Å². The molecule has 0 saturated carbocycles. The molecule has 1 amide bonds. The fourth-order valence-electron chi connectivity index (χ4n) is 2.34. The van der Waals surface area contributed by atoms with E-state index in [9.17, 15) is 13.6 Å². The number of nitrogens with zero attached hydrogens (tertiary/aromatic N) is 2. The number of hydrogen-bond acceptors (Lipinski definition) is 4. The molecule has 8 heteroatoms. The predicted molar refractivity (Wildman–Crippen MR) is 84.2 cm³/mol. The lowest BCUT2D eigenvalue weighted by Gasteiger charge is -2.22. The first kappa shape index (κ1) is 17.7. The molecular formula is C15H20ClF2N3O2. The van der Waals surface area contributed by atoms with Crippen molar-refractivity contribution in [1.82, 2.24) is 10.3 Å². The molecule has 1 atom stereocenters. The summed E-state index contributed by atoms with van der Waals surface area (Å²) in [5, 5.41) is 2.97. The molecular weight excluding hydrogens is 328 g/mol. The SMILES string of the molecule is CC(C)(C)OC(=O)N[C@@H]1CCN(c2ncc(C(F)F)cc2Cl)C1. The highest BCUT2D eigenvalue weighted by atomic mass is 35.5. The highest BCUT2D eigenvalue weighted by Crippen LogP contribution is 2.30. The Morgan fingerprint density at radius 1 is 1.52 bits per heavy atom. The van der Waals surface area contributed by atoms with Crippen LogP contribution in [0.2, 0.25) is 5.02 Å². The maximum Gasteiger partial charge on any atom is 0.407 e. The molecule has 0 spiro atoms. The Bertz CT molecular complexity index is 578. The lowest BCUT2D eigenvalue weighted by molar-refractivity contribution is 0.0509. The van der Waals surface area contributed by atoms with Crippen molar-refractivity contribution in [1.29, 1.82) is 0 Å². The molecule has 2 rings (SSSR count). The fraction of sp³-hybridized carbons (Fsp3) is 0.600. The lowest BCUT2D eigenvalue weighted by atomic mass is 10.2. The van der Waals surface area contributed by atoms with Crippen LogP contribution in [0.3, 0.4) is 0 Å². The van der Waals surface area contributed by atoms with E-state index in [-0.39, 0.29) is 16.6 Å². The van der Waals surface area contributed by atoms with Crippen LogP contribution < -0.4 is 10.2 Å². The Kier molecular flexibility index (Phi) is 5.29. The Balaban J connectivity index is 1.96. The average Bonchev–Trinajstić information content (AvgIpc) is 2.84. The Morgan fingerprint density at radius 2 is 2.22 bits per heavy atom. The Hall–Kier alpha value is -1.63. The molecule has 128 valence electrons. The van der Waals surface area contributed by atoms with Gasteiger partial charge in [0, 0.05) is 24.8 Å². The standard InChI is InChI=1S/C15H20ClF2N3O2/c1-15(2,3)23-14(22)20-10-4-5-21(8-10)13-11(16)6-9(7-19-13)12(17)18/h6-7,10,12H,4-5,8H2,1-3H3,(H,20,22)/t10-/m1/s1. The van der Waals surface area contributed by atoms with Crippen molar-refractivity contribution in [2.75, 3.05) is 18.0 Å². The van der Waals surface area contributed by atoms with Crippen LogP contribution in [0.5, 0.6) is 0 Å². The molecule has 1 aromatic heterocycles. The first-order chi connectivity index (χ1) is 10.7. The molecule has 0 aromatic carbocycles. The van der Waals surface area contributed by atoms with E-state index in [1.807, 2.05) is 4.90 Å². The molecule has 1 N–H and O–H groups in total. The molecule has 0 radical (unpaired) electrons. The number of halogens is 3. The summed E-state index contributed by atoms with van der Waals surface area (Å²) in [7, 11) is 0. The summed E-state index contributed by atoms with van der Waals surface area (Å²) in [6, 6.07) is 1.13. The van der Waals surface area contributed by atoms with Crippen molar-refractivity contribution in [2.45, 2.75) is 45.3 Å². The predicted octanol–water partition coefficient (Wildman–Crippen LogP) is 3.78. The van der Waals surface area contributed by atoms with Crippen molar-refractivity contribution in [3.05, 3.63) is 22.8 Å². The largest absolute Gasteiger partial charge is 0.444 e. The van der Waals surface area contributed by atoms with Crippen molar-refractivity contribution in [2.24, 2.45) is 0 Å². The highest BCUT2D eigenvalue weighted by Gasteiger charge is 2.28. The van der Waals surface area contributed by atoms with Crippen LogP contribution >= 0.6 is 11.6 Å². The number of ether oxygens (including phenoxy) is 1. The van der Waals surface area contributed by atoms with E-state index in [0.717, 1.165) is 6.20 Å². The number of alkyl carbamates (subject to hydrolysis) is 1. The minimum absolute atomic E-state index is 0.0995. The molecule has 0 bridgehead atoms. The minimum atomic E-state index is -2.60. The molecule has 1 saturated heterocycles. The summed E-state index contributed by atoms with van der Waals surface area (Å²) >= 11 is 6.04. The molecule has 0 unspecified atom stereocenters. The van der Waals surface area contributed by atoms with Crippen molar-refractivity contribution < 1.29 is 18.3 Å². The monoisotopic (exact) mass is 347 g/mol. The third-order valence-electron chi connectivity index (χ3n) is 3.30. The zero-order chi connectivity index (χ0) is 17.2. The molecule has 1 fully saturated rings. The van der Waals surface area contributed by atoms with Gasteiger partial charge in [-0.2, -0.15) is 0 Å². The highest BCUT2D eigenvalue weighted by molar-refractivity contribution is 6.33. The topological polar surface area (TPSA) is 54.5 Å². The number of hydrogen-bond donors (Lipinski definition) is 1. The van der Waals surface area contributed by atoms with Gasteiger partial charge in [-0.1, -0.05) is 11.6 Å². The Labute approximate surface area is 139 Å². The second-order valence-electron chi connectivity index (χ2n) is 6.45. The normalized spacial score (nSPS) is 18.4. The van der Waals surface area contributed by atoms with E-state index < -0.39 is 18.1 Å². The quantitative estimate of drug-likeness (QED) is 0.904. The van der Waals surface area contributed by atoms with E-state index in [1.165, 1.54) is 6.07 Å². The van der Waals surface area contributed by atoms with Crippen LogP contribution in [-0.2, 0) is 4.74 Å². The van der Waals surface area contributed by atoms with Crippen LogP contribution in [0.25, 0.3) is 0 Å². The van der Waals surface area contributed by atoms with Gasteiger partial charge in [0.15, 0.2) is 0 Å². The smallest absolute Gasteiger partial charge is 0.407 e. The number of rotatable bonds is 3. The van der Waals surface area contributed by atoms with Crippen LogP contribution in [0, 0.1) is 0 Å².